The van der Waals surface area contributed by atoms with E-state index in [9.17, 15) is 21.6 Å². The zero-order chi connectivity index (χ0) is 19.1. The van der Waals surface area contributed by atoms with Gasteiger partial charge in [0.1, 0.15) is 0 Å². The Morgan fingerprint density at radius 2 is 1.81 bits per heavy atom. The number of hydrogen-bond acceptors (Lipinski definition) is 4. The molecule has 0 aliphatic heterocycles. The summed E-state index contributed by atoms with van der Waals surface area (Å²) in [4.78, 5) is 3.84. The smallest absolute Gasteiger partial charge is 0.355 e. The maximum Gasteiger partial charge on any atom is 0.416 e. The lowest BCUT2D eigenvalue weighted by molar-refractivity contribution is -0.137. The fourth-order valence-electron chi connectivity index (χ4n) is 2.53. The molecule has 5 nitrogen and oxygen atoms in total. The highest BCUT2D eigenvalue weighted by molar-refractivity contribution is 7.85. The molecule has 0 aliphatic rings. The van der Waals surface area contributed by atoms with Crippen molar-refractivity contribution in [3.8, 4) is 0 Å². The fourth-order valence-corrected chi connectivity index (χ4v) is 3.06. The third-order valence-electron chi connectivity index (χ3n) is 3.68. The van der Waals surface area contributed by atoms with Crippen LogP contribution in [0.3, 0.4) is 0 Å². The molecule has 0 unspecified atom stereocenters. The van der Waals surface area contributed by atoms with Gasteiger partial charge in [-0.05, 0) is 43.3 Å². The summed E-state index contributed by atoms with van der Waals surface area (Å²) in [5, 5.41) is 3.41. The first-order valence-electron chi connectivity index (χ1n) is 7.37. The molecule has 1 aromatic heterocycles. The Balaban J connectivity index is 2.08. The third kappa shape index (κ3) is 3.78. The number of halogens is 3. The van der Waals surface area contributed by atoms with E-state index < -0.39 is 21.9 Å². The number of aryl methyl sites for hydroxylation is 1. The highest BCUT2D eigenvalue weighted by Gasteiger charge is 2.30. The van der Waals surface area contributed by atoms with Crippen molar-refractivity contribution in [3.05, 3.63) is 59.8 Å². The number of hydrogen-bond donors (Lipinski definition) is 2. The largest absolute Gasteiger partial charge is 0.416 e. The van der Waals surface area contributed by atoms with Crippen molar-refractivity contribution in [3.63, 3.8) is 0 Å². The molecule has 0 fully saturated rings. The van der Waals surface area contributed by atoms with Crippen molar-refractivity contribution in [2.45, 2.75) is 18.0 Å². The summed E-state index contributed by atoms with van der Waals surface area (Å²) in [5.74, 6) is 0. The van der Waals surface area contributed by atoms with Crippen molar-refractivity contribution in [1.82, 2.24) is 4.98 Å². The number of rotatable bonds is 3. The normalized spacial score (nSPS) is 12.3. The first kappa shape index (κ1) is 18.2. The average Bonchev–Trinajstić information content (AvgIpc) is 2.52. The van der Waals surface area contributed by atoms with Crippen LogP contribution in [0, 0.1) is 6.92 Å². The van der Waals surface area contributed by atoms with Gasteiger partial charge in [-0.1, -0.05) is 12.1 Å². The minimum atomic E-state index is -4.48. The van der Waals surface area contributed by atoms with E-state index in [1.165, 1.54) is 24.3 Å². The predicted molar refractivity (Wildman–Crippen MR) is 91.0 cm³/mol. The maximum atomic E-state index is 12.9. The van der Waals surface area contributed by atoms with Crippen LogP contribution < -0.4 is 5.32 Å². The molecular formula is C17H13F3N2O3S. The van der Waals surface area contributed by atoms with E-state index in [-0.39, 0.29) is 10.4 Å². The van der Waals surface area contributed by atoms with Gasteiger partial charge in [-0.25, -0.2) is 0 Å². The van der Waals surface area contributed by atoms with Crippen molar-refractivity contribution in [2.75, 3.05) is 5.32 Å². The van der Waals surface area contributed by atoms with Gasteiger partial charge in [-0.2, -0.15) is 21.6 Å². The van der Waals surface area contributed by atoms with Crippen LogP contribution in [0.5, 0.6) is 0 Å². The Morgan fingerprint density at radius 3 is 2.46 bits per heavy atom. The first-order chi connectivity index (χ1) is 12.0. The number of anilines is 2. The minimum Gasteiger partial charge on any atom is -0.355 e. The molecule has 0 bridgehead atoms. The van der Waals surface area contributed by atoms with Crippen LogP contribution >= 0.6 is 0 Å². The summed E-state index contributed by atoms with van der Waals surface area (Å²) in [6.45, 7) is 1.64. The molecule has 0 atom stereocenters. The van der Waals surface area contributed by atoms with Crippen molar-refractivity contribution in [2.24, 2.45) is 0 Å². The van der Waals surface area contributed by atoms with Gasteiger partial charge >= 0.3 is 6.18 Å². The minimum absolute atomic E-state index is 0.160. The molecule has 3 rings (SSSR count). The fraction of sp³-hybridized carbons (Fsp3) is 0.118. The van der Waals surface area contributed by atoms with Gasteiger partial charge in [0, 0.05) is 22.5 Å². The lowest BCUT2D eigenvalue weighted by Crippen LogP contribution is -2.05. The molecule has 1 heterocycles. The van der Waals surface area contributed by atoms with Crippen molar-refractivity contribution < 1.29 is 26.1 Å². The summed E-state index contributed by atoms with van der Waals surface area (Å²) in [7, 11) is -4.37. The molecule has 2 N–H and O–H groups in total. The molecule has 0 saturated heterocycles. The molecule has 3 aromatic rings. The molecule has 0 amide bonds. The van der Waals surface area contributed by atoms with E-state index in [1.54, 1.807) is 19.1 Å². The summed E-state index contributed by atoms with van der Waals surface area (Å²) in [6, 6.07) is 10.3. The number of aromatic nitrogens is 1. The highest BCUT2D eigenvalue weighted by Crippen LogP contribution is 2.34. The number of fused-ring (bicyclic) bond motifs is 1. The zero-order valence-corrected chi connectivity index (χ0v) is 14.2. The van der Waals surface area contributed by atoms with Crippen LogP contribution in [0.1, 0.15) is 11.3 Å². The molecule has 0 spiro atoms. The van der Waals surface area contributed by atoms with Crippen LogP contribution in [-0.2, 0) is 16.3 Å². The quantitative estimate of drug-likeness (QED) is 0.650. The van der Waals surface area contributed by atoms with Gasteiger partial charge in [0.25, 0.3) is 10.1 Å². The molecule has 0 saturated carbocycles. The van der Waals surface area contributed by atoms with E-state index >= 15 is 0 Å². The summed E-state index contributed by atoms with van der Waals surface area (Å²) >= 11 is 0. The average molecular weight is 382 g/mol. The summed E-state index contributed by atoms with van der Waals surface area (Å²) in [5.41, 5.74) is 0.668. The van der Waals surface area contributed by atoms with Gasteiger partial charge in [0.2, 0.25) is 0 Å². The maximum absolute atomic E-state index is 12.9. The Bertz CT molecular complexity index is 1100. The topological polar surface area (TPSA) is 79.3 Å². The van der Waals surface area contributed by atoms with Crippen LogP contribution in [0.2, 0.25) is 0 Å². The van der Waals surface area contributed by atoms with E-state index in [0.29, 0.717) is 22.5 Å². The van der Waals surface area contributed by atoms with Crippen LogP contribution in [0.4, 0.5) is 24.5 Å². The second-order valence-electron chi connectivity index (χ2n) is 5.67. The van der Waals surface area contributed by atoms with E-state index in [2.05, 4.69) is 10.3 Å². The van der Waals surface area contributed by atoms with Gasteiger partial charge < -0.3 is 5.32 Å². The Hall–Kier alpha value is -2.65. The van der Waals surface area contributed by atoms with Crippen LogP contribution in [-0.4, -0.2) is 18.0 Å². The molecule has 0 aliphatic carbocycles. The second-order valence-corrected chi connectivity index (χ2v) is 7.09. The highest BCUT2D eigenvalue weighted by atomic mass is 32.2. The summed E-state index contributed by atoms with van der Waals surface area (Å²) in [6.07, 6.45) is -4.48. The Kier molecular flexibility index (Phi) is 4.37. The zero-order valence-electron chi connectivity index (χ0n) is 13.4. The van der Waals surface area contributed by atoms with Crippen LogP contribution in [0.25, 0.3) is 10.9 Å². The molecule has 9 heteroatoms. The molecule has 2 aromatic carbocycles. The van der Waals surface area contributed by atoms with Gasteiger partial charge in [-0.15, -0.1) is 0 Å². The van der Waals surface area contributed by atoms with Gasteiger partial charge in [0.15, 0.2) is 0 Å². The first-order valence-corrected chi connectivity index (χ1v) is 8.81. The molecule has 136 valence electrons. The van der Waals surface area contributed by atoms with Gasteiger partial charge in [-0.3, -0.25) is 9.54 Å². The molecule has 0 radical (unpaired) electrons. The number of benzene rings is 2. The van der Waals surface area contributed by atoms with Crippen LogP contribution in [0.15, 0.2) is 53.4 Å². The predicted octanol–water partition coefficient (Wildman–Crippen LogP) is 4.55. The lowest BCUT2D eigenvalue weighted by Gasteiger charge is -2.13. The van der Waals surface area contributed by atoms with E-state index in [0.717, 1.165) is 12.1 Å². The van der Waals surface area contributed by atoms with Gasteiger partial charge in [0.05, 0.1) is 16.0 Å². The van der Waals surface area contributed by atoms with E-state index in [1.807, 2.05) is 0 Å². The number of nitrogens with zero attached hydrogens (tertiary/aromatic N) is 1. The third-order valence-corrected chi connectivity index (χ3v) is 4.53. The molecule has 26 heavy (non-hydrogen) atoms. The number of pyridine rings is 1. The van der Waals surface area contributed by atoms with E-state index in [4.69, 9.17) is 4.55 Å². The monoisotopic (exact) mass is 382 g/mol. The number of nitrogens with one attached hydrogen (secondary N) is 1. The van der Waals surface area contributed by atoms with Crippen molar-refractivity contribution >= 4 is 32.4 Å². The summed E-state index contributed by atoms with van der Waals surface area (Å²) < 4.78 is 70.3. The Morgan fingerprint density at radius 1 is 1.08 bits per heavy atom. The number of alkyl halides is 3. The second kappa shape index (κ2) is 6.26. The standard InChI is InChI=1S/C17H13F3N2O3S/c1-10-7-15(22-12-3-2-4-13(9-12)26(23,24)25)14-6-5-11(17(18,19)20)8-16(14)21-10/h2-9H,1H3,(H,21,22)(H,23,24,25). The molecular weight excluding hydrogens is 369 g/mol. The van der Waals surface area contributed by atoms with Crippen molar-refractivity contribution in [1.29, 1.82) is 0 Å². The SMILES string of the molecule is Cc1cc(Nc2cccc(S(=O)(=O)O)c2)c2ccc(C(F)(F)F)cc2n1. The lowest BCUT2D eigenvalue weighted by atomic mass is 10.1. The Labute approximate surface area is 147 Å².